The third-order valence-corrected chi connectivity index (χ3v) is 9.72. The van der Waals surface area contributed by atoms with Gasteiger partial charge in [-0.15, -0.1) is 0 Å². The number of aromatic hydroxyl groups is 1. The Morgan fingerprint density at radius 2 is 1.28 bits per heavy atom. The summed E-state index contributed by atoms with van der Waals surface area (Å²) < 4.78 is 34.0. The Labute approximate surface area is 303 Å². The molecule has 0 saturated heterocycles. The van der Waals surface area contributed by atoms with Crippen molar-refractivity contribution in [1.29, 1.82) is 0 Å². The summed E-state index contributed by atoms with van der Waals surface area (Å²) in [7, 11) is -4.60. The minimum atomic E-state index is -4.60. The average Bonchev–Trinajstić information content (AvgIpc) is 3.04. The first kappa shape index (κ1) is 40.7. The van der Waals surface area contributed by atoms with Crippen molar-refractivity contribution in [2.45, 2.75) is 108 Å². The van der Waals surface area contributed by atoms with E-state index in [4.69, 9.17) is 0 Å². The van der Waals surface area contributed by atoms with Gasteiger partial charge in [-0.2, -0.15) is 8.42 Å². The number of benzene rings is 3. The fraction of sp³-hybridized carbons (Fsp3) is 0.514. The zero-order valence-electron chi connectivity index (χ0n) is 27.3. The molecule has 0 spiro atoms. The van der Waals surface area contributed by atoms with Crippen molar-refractivity contribution in [3.05, 3.63) is 72.3 Å². The molecule has 0 bridgehead atoms. The summed E-state index contributed by atoms with van der Waals surface area (Å²) in [6, 6.07) is 19.4. The van der Waals surface area contributed by atoms with E-state index in [9.17, 15) is 27.7 Å². The standard InChI is InChI=1S/C37H52N2O6S.Na.H/c1-2-3-4-5-6-7-8-9-10-11-12-13-14-18-25-34(46(43,44)45)36(41)38-28-29-39(31-22-16-15-17-23-31)37(42)33-27-26-30-21-19-20-24-32(30)35(33)40;;/h15-17,19-24,26-27,34,40H,2-14,18,25,28-29H2,1H3,(H,38,41)(H,43,44,45);;. The molecule has 0 saturated carbocycles. The van der Waals surface area contributed by atoms with Crippen LogP contribution in [0.15, 0.2) is 66.7 Å². The van der Waals surface area contributed by atoms with Crippen LogP contribution in [0.2, 0.25) is 0 Å². The van der Waals surface area contributed by atoms with E-state index in [-0.39, 0.29) is 60.4 Å². The van der Waals surface area contributed by atoms with Crippen LogP contribution < -0.4 is 10.2 Å². The van der Waals surface area contributed by atoms with Crippen LogP contribution in [0.25, 0.3) is 10.8 Å². The molecule has 10 heteroatoms. The molecular weight excluding hydrogens is 623 g/mol. The van der Waals surface area contributed by atoms with Gasteiger partial charge in [0.2, 0.25) is 5.91 Å². The van der Waals surface area contributed by atoms with E-state index in [0.29, 0.717) is 17.5 Å². The number of carbonyl (C=O) groups is 2. The Morgan fingerprint density at radius 1 is 0.745 bits per heavy atom. The summed E-state index contributed by atoms with van der Waals surface area (Å²) in [5.74, 6) is -1.38. The number of anilines is 1. The Balaban J connectivity index is 0.00000768. The van der Waals surface area contributed by atoms with Gasteiger partial charge in [0.15, 0.2) is 5.25 Å². The maximum atomic E-state index is 13.7. The van der Waals surface area contributed by atoms with Crippen LogP contribution in [-0.4, -0.2) is 77.8 Å². The molecule has 47 heavy (non-hydrogen) atoms. The number of fused-ring (bicyclic) bond motifs is 1. The van der Waals surface area contributed by atoms with Gasteiger partial charge in [0.1, 0.15) is 5.75 Å². The number of nitrogens with zero attached hydrogens (tertiary/aromatic N) is 1. The summed E-state index contributed by atoms with van der Waals surface area (Å²) >= 11 is 0. The van der Waals surface area contributed by atoms with Crippen molar-refractivity contribution in [3.63, 3.8) is 0 Å². The summed E-state index contributed by atoms with van der Waals surface area (Å²) in [5.41, 5.74) is 0.672. The zero-order valence-corrected chi connectivity index (χ0v) is 28.1. The second-order valence-electron chi connectivity index (χ2n) is 12.2. The van der Waals surface area contributed by atoms with Crippen LogP contribution in [-0.2, 0) is 14.9 Å². The fourth-order valence-corrected chi connectivity index (χ4v) is 6.69. The predicted molar refractivity (Wildman–Crippen MR) is 194 cm³/mol. The molecule has 254 valence electrons. The number of unbranched alkanes of at least 4 members (excludes halogenated alkanes) is 13. The molecule has 1 atom stereocenters. The monoisotopic (exact) mass is 676 g/mol. The van der Waals surface area contributed by atoms with Crippen LogP contribution in [0.5, 0.6) is 5.75 Å². The van der Waals surface area contributed by atoms with Crippen LogP contribution in [0.4, 0.5) is 5.69 Å². The second-order valence-corrected chi connectivity index (χ2v) is 13.8. The minimum absolute atomic E-state index is 0. The topological polar surface area (TPSA) is 124 Å². The molecule has 0 aromatic heterocycles. The van der Waals surface area contributed by atoms with E-state index in [1.807, 2.05) is 18.2 Å². The van der Waals surface area contributed by atoms with Gasteiger partial charge >= 0.3 is 29.6 Å². The molecule has 8 nitrogen and oxygen atoms in total. The summed E-state index contributed by atoms with van der Waals surface area (Å²) in [6.07, 6.45) is 16.3. The number of para-hydroxylation sites is 1. The van der Waals surface area contributed by atoms with Gasteiger partial charge < -0.3 is 15.3 Å². The molecule has 0 aliphatic rings. The number of carbonyl (C=O) groups excluding carboxylic acids is 2. The first-order valence-corrected chi connectivity index (χ1v) is 18.6. The van der Waals surface area contributed by atoms with Crippen LogP contribution in [0.1, 0.15) is 114 Å². The Morgan fingerprint density at radius 3 is 1.85 bits per heavy atom. The number of phenols is 1. The van der Waals surface area contributed by atoms with E-state index in [1.165, 1.54) is 62.7 Å². The van der Waals surface area contributed by atoms with Crippen LogP contribution in [0.3, 0.4) is 0 Å². The quantitative estimate of drug-likeness (QED) is 0.0567. The van der Waals surface area contributed by atoms with Crippen molar-refractivity contribution >= 4 is 67.9 Å². The van der Waals surface area contributed by atoms with Crippen LogP contribution in [0, 0.1) is 0 Å². The zero-order chi connectivity index (χ0) is 33.2. The molecular formula is C37H53N2NaO6S. The predicted octanol–water partition coefficient (Wildman–Crippen LogP) is 7.79. The van der Waals surface area contributed by atoms with E-state index in [0.717, 1.165) is 31.1 Å². The van der Waals surface area contributed by atoms with E-state index >= 15 is 0 Å². The van der Waals surface area contributed by atoms with Gasteiger partial charge in [-0.05, 0) is 30.0 Å². The molecule has 1 unspecified atom stereocenters. The Kier molecular flexibility index (Phi) is 19.3. The third kappa shape index (κ3) is 13.9. The Hall–Kier alpha value is -2.43. The van der Waals surface area contributed by atoms with Crippen molar-refractivity contribution < 1.29 is 27.7 Å². The van der Waals surface area contributed by atoms with Gasteiger partial charge in [-0.25, -0.2) is 0 Å². The number of rotatable bonds is 22. The van der Waals surface area contributed by atoms with Crippen LogP contribution >= 0.6 is 0 Å². The summed E-state index contributed by atoms with van der Waals surface area (Å²) in [4.78, 5) is 28.0. The molecule has 0 aliphatic heterocycles. The molecule has 3 aromatic rings. The molecule has 0 fully saturated rings. The number of hydrogen-bond donors (Lipinski definition) is 3. The number of amides is 2. The Bertz CT molecular complexity index is 1470. The fourth-order valence-electron chi connectivity index (χ4n) is 5.87. The van der Waals surface area contributed by atoms with E-state index < -0.39 is 27.2 Å². The molecule has 0 radical (unpaired) electrons. The second kappa shape index (κ2) is 22.3. The molecule has 3 rings (SSSR count). The van der Waals surface area contributed by atoms with E-state index in [1.54, 1.807) is 48.5 Å². The van der Waals surface area contributed by atoms with Gasteiger partial charge in [-0.1, -0.05) is 145 Å². The maximum absolute atomic E-state index is 13.7. The van der Waals surface area contributed by atoms with Crippen molar-refractivity contribution in [3.8, 4) is 5.75 Å². The van der Waals surface area contributed by atoms with Crippen molar-refractivity contribution in [2.24, 2.45) is 0 Å². The van der Waals surface area contributed by atoms with Crippen molar-refractivity contribution in [2.75, 3.05) is 18.0 Å². The molecule has 3 N–H and O–H groups in total. The first-order valence-electron chi connectivity index (χ1n) is 17.1. The first-order chi connectivity index (χ1) is 22.2. The van der Waals surface area contributed by atoms with E-state index in [2.05, 4.69) is 12.2 Å². The summed E-state index contributed by atoms with van der Waals surface area (Å²) in [6.45, 7) is 2.22. The molecule has 3 aromatic carbocycles. The SMILES string of the molecule is CCCCCCCCCCCCCCCCC(C(=O)NCCN(C(=O)c1ccc2ccccc2c1O)c1ccccc1)S(=O)(=O)O.[NaH]. The number of hydrogen-bond acceptors (Lipinski definition) is 5. The average molecular weight is 677 g/mol. The van der Waals surface area contributed by atoms with Gasteiger partial charge in [0.25, 0.3) is 16.0 Å². The summed E-state index contributed by atoms with van der Waals surface area (Å²) in [5, 5.41) is 13.3. The molecule has 0 heterocycles. The number of nitrogens with one attached hydrogen (secondary N) is 1. The van der Waals surface area contributed by atoms with Gasteiger partial charge in [0, 0.05) is 24.2 Å². The number of phenolic OH excluding ortho intramolecular Hbond substituents is 1. The third-order valence-electron chi connectivity index (χ3n) is 8.55. The van der Waals surface area contributed by atoms with Gasteiger partial charge in [0.05, 0.1) is 5.56 Å². The van der Waals surface area contributed by atoms with Gasteiger partial charge in [-0.3, -0.25) is 14.1 Å². The molecule has 0 aliphatic carbocycles. The molecule has 2 amide bonds. The normalized spacial score (nSPS) is 12.0. The van der Waals surface area contributed by atoms with Crippen molar-refractivity contribution in [1.82, 2.24) is 5.32 Å².